The maximum absolute atomic E-state index is 5.30. The lowest BCUT2D eigenvalue weighted by Gasteiger charge is -2.29. The molecule has 0 amide bonds. The largest absolute Gasteiger partial charge is 0.238 e. The van der Waals surface area contributed by atoms with Crippen molar-refractivity contribution >= 4 is 92.5 Å². The predicted octanol–water partition coefficient (Wildman–Crippen LogP) is 16.2. The topological polar surface area (TPSA) is 25.8 Å². The lowest BCUT2D eigenvalue weighted by Crippen LogP contribution is -2.54. The van der Waals surface area contributed by atoms with Gasteiger partial charge in [-0.25, -0.2) is 9.97 Å². The summed E-state index contributed by atoms with van der Waals surface area (Å²) < 4.78 is 0. The van der Waals surface area contributed by atoms with Gasteiger partial charge in [-0.1, -0.05) is 103 Å². The molecule has 0 bridgehead atoms. The Bertz CT molecular complexity index is 2440. The number of hydrogen-bond donors (Lipinski definition) is 0. The van der Waals surface area contributed by atoms with E-state index in [1.807, 2.05) is 40.1 Å². The van der Waals surface area contributed by atoms with Crippen LogP contribution in [0.15, 0.2) is 65.9 Å². The highest BCUT2D eigenvalue weighted by Gasteiger charge is 2.47. The van der Waals surface area contributed by atoms with Crippen LogP contribution in [0.1, 0.15) is 119 Å². The first-order valence-electron chi connectivity index (χ1n) is 20.9. The molecule has 6 aromatic heterocycles. The van der Waals surface area contributed by atoms with Crippen molar-refractivity contribution in [3.05, 3.63) is 87.0 Å². The van der Waals surface area contributed by atoms with Crippen molar-refractivity contribution in [2.75, 3.05) is 0 Å². The van der Waals surface area contributed by atoms with Crippen molar-refractivity contribution in [2.24, 2.45) is 0 Å². The maximum atomic E-state index is 5.30. The smallest absolute Gasteiger partial charge is 0.153 e. The van der Waals surface area contributed by atoms with Gasteiger partial charge in [0.15, 0.2) is 10.0 Å². The lowest BCUT2D eigenvalue weighted by molar-refractivity contribution is 0.662. The molecule has 0 radical (unpaired) electrons. The van der Waals surface area contributed by atoms with Crippen LogP contribution in [0.2, 0.25) is 12.1 Å². The van der Waals surface area contributed by atoms with Gasteiger partial charge in [0.1, 0.15) is 8.07 Å². The van der Waals surface area contributed by atoms with E-state index in [4.69, 9.17) is 9.97 Å². The summed E-state index contributed by atoms with van der Waals surface area (Å²) in [5.41, 5.74) is 13.6. The number of nitrogens with zero attached hydrogens (tertiary/aromatic N) is 2. The standard InChI is InChI=1S/C48H54N2S6Si/c1-7-11-15-19-23-35-43(38-26-25-33(5)51-38)55-47(49-35)48-50-36(24-20-16-12-8-2)44(56-48)39-28-27-37(53-39)40-32-42-46(54-40)45-41(31-34(6)52-45)57(42,29-21-17-13-9-3)30-22-18-14-10-4/h24-28,31-32H,2,7,9-11,13-15,17-19,21-23,29-30H2,1,3-6H3. The van der Waals surface area contributed by atoms with Gasteiger partial charge in [-0.05, 0) is 104 Å². The van der Waals surface area contributed by atoms with Gasteiger partial charge >= 0.3 is 0 Å². The number of thiophene rings is 4. The summed E-state index contributed by atoms with van der Waals surface area (Å²) in [6.07, 6.45) is 18.6. The Morgan fingerprint density at radius 3 is 1.91 bits per heavy atom. The van der Waals surface area contributed by atoms with Gasteiger partial charge in [0.05, 0.1) is 21.1 Å². The molecule has 7 rings (SSSR count). The third-order valence-electron chi connectivity index (χ3n) is 11.0. The minimum atomic E-state index is -1.85. The van der Waals surface area contributed by atoms with E-state index in [1.165, 1.54) is 123 Å². The molecular formula is C48H54N2S6Si. The molecule has 0 N–H and O–H groups in total. The van der Waals surface area contributed by atoms with Crippen LogP contribution >= 0.6 is 68.0 Å². The Morgan fingerprint density at radius 1 is 0.579 bits per heavy atom. The molecule has 9 heteroatoms. The Labute approximate surface area is 365 Å². The second kappa shape index (κ2) is 19.9. The molecule has 6 aromatic rings. The molecule has 0 fully saturated rings. The molecule has 1 aliphatic rings. The van der Waals surface area contributed by atoms with Crippen LogP contribution in [-0.2, 0) is 6.42 Å². The van der Waals surface area contributed by atoms with E-state index < -0.39 is 8.07 Å². The van der Waals surface area contributed by atoms with Crippen LogP contribution in [0, 0.1) is 13.8 Å². The van der Waals surface area contributed by atoms with E-state index in [-0.39, 0.29) is 0 Å². The second-order valence-corrected chi connectivity index (χ2v) is 26.2. The SMILES string of the molecule is C=C=C=C=C=Cc1nc(-c2nc(CCCCCC)c(-c3ccc(C)s3)s2)sc1-c1ccc(-c2cc3c(s2)-c2sc(C)cc2[Si]3(CCCCCC)CCCCCC)s1. The van der Waals surface area contributed by atoms with Crippen molar-refractivity contribution < 1.29 is 0 Å². The summed E-state index contributed by atoms with van der Waals surface area (Å²) in [4.78, 5) is 24.3. The monoisotopic (exact) mass is 878 g/mol. The highest BCUT2D eigenvalue weighted by Crippen LogP contribution is 2.49. The van der Waals surface area contributed by atoms with Gasteiger partial charge in [0.2, 0.25) is 0 Å². The first-order chi connectivity index (χ1) is 27.9. The van der Waals surface area contributed by atoms with E-state index in [9.17, 15) is 0 Å². The molecule has 0 spiro atoms. The highest BCUT2D eigenvalue weighted by molar-refractivity contribution is 7.33. The fraction of sp³-hybridized carbons (Fsp3) is 0.417. The Kier molecular flexibility index (Phi) is 14.8. The molecule has 0 unspecified atom stereocenters. The summed E-state index contributed by atoms with van der Waals surface area (Å²) >= 11 is 11.4. The zero-order chi connectivity index (χ0) is 39.8. The Morgan fingerprint density at radius 2 is 1.21 bits per heavy atom. The zero-order valence-electron chi connectivity index (χ0n) is 34.2. The average Bonchev–Trinajstić information content (AvgIpc) is 4.06. The predicted molar refractivity (Wildman–Crippen MR) is 261 cm³/mol. The van der Waals surface area contributed by atoms with Crippen molar-refractivity contribution in [3.8, 4) is 49.0 Å². The fourth-order valence-corrected chi connectivity index (χ4v) is 21.9. The quantitative estimate of drug-likeness (QED) is 0.0434. The van der Waals surface area contributed by atoms with Gasteiger partial charge in [0, 0.05) is 45.1 Å². The van der Waals surface area contributed by atoms with E-state index in [2.05, 4.69) is 112 Å². The van der Waals surface area contributed by atoms with Gasteiger partial charge in [0.25, 0.3) is 0 Å². The lowest BCUT2D eigenvalue weighted by atomic mass is 10.1. The number of aromatic nitrogens is 2. The summed E-state index contributed by atoms with van der Waals surface area (Å²) in [6, 6.07) is 17.2. The van der Waals surface area contributed by atoms with Crippen LogP contribution in [-0.4, -0.2) is 18.0 Å². The van der Waals surface area contributed by atoms with Gasteiger partial charge < -0.3 is 0 Å². The van der Waals surface area contributed by atoms with Crippen molar-refractivity contribution in [1.82, 2.24) is 9.97 Å². The van der Waals surface area contributed by atoms with Crippen LogP contribution in [0.25, 0.3) is 55.1 Å². The summed E-state index contributed by atoms with van der Waals surface area (Å²) in [7, 11) is -1.85. The van der Waals surface area contributed by atoms with Gasteiger partial charge in [-0.3, -0.25) is 0 Å². The number of fused-ring (bicyclic) bond motifs is 3. The number of thiazole rings is 2. The van der Waals surface area contributed by atoms with E-state index in [1.54, 1.807) is 42.8 Å². The first-order valence-corrected chi connectivity index (χ1v) is 28.2. The molecule has 0 saturated carbocycles. The highest BCUT2D eigenvalue weighted by atomic mass is 32.1. The number of rotatable bonds is 20. The second-order valence-electron chi connectivity index (χ2n) is 15.3. The molecule has 7 heterocycles. The van der Waals surface area contributed by atoms with Crippen LogP contribution in [0.4, 0.5) is 0 Å². The maximum Gasteiger partial charge on any atom is 0.153 e. The van der Waals surface area contributed by atoms with Crippen LogP contribution in [0.5, 0.6) is 0 Å². The molecule has 2 nitrogen and oxygen atoms in total. The molecule has 0 aromatic carbocycles. The third kappa shape index (κ3) is 9.47. The van der Waals surface area contributed by atoms with Crippen molar-refractivity contribution in [1.29, 1.82) is 0 Å². The molecule has 296 valence electrons. The normalized spacial score (nSPS) is 12.6. The molecular weight excluding hydrogens is 825 g/mol. The zero-order valence-corrected chi connectivity index (χ0v) is 40.1. The minimum absolute atomic E-state index is 0.896. The third-order valence-corrected chi connectivity index (χ3v) is 23.9. The van der Waals surface area contributed by atoms with Crippen LogP contribution < -0.4 is 10.4 Å². The summed E-state index contributed by atoms with van der Waals surface area (Å²) in [5, 5.41) is 5.48. The number of aryl methyl sites for hydroxylation is 3. The van der Waals surface area contributed by atoms with Crippen molar-refractivity contribution in [3.63, 3.8) is 0 Å². The van der Waals surface area contributed by atoms with Gasteiger partial charge in [-0.15, -0.1) is 68.0 Å². The molecule has 1 aliphatic heterocycles. The van der Waals surface area contributed by atoms with E-state index in [0.29, 0.717) is 0 Å². The van der Waals surface area contributed by atoms with E-state index in [0.717, 1.165) is 33.4 Å². The van der Waals surface area contributed by atoms with Gasteiger partial charge in [-0.2, -0.15) is 0 Å². The minimum Gasteiger partial charge on any atom is -0.238 e. The number of unbranched alkanes of at least 4 members (excludes halogenated alkanes) is 9. The fourth-order valence-electron chi connectivity index (χ4n) is 8.15. The average molecular weight is 879 g/mol. The Balaban J connectivity index is 1.26. The van der Waals surface area contributed by atoms with E-state index >= 15 is 0 Å². The summed E-state index contributed by atoms with van der Waals surface area (Å²) in [5.74, 6) is 0. The van der Waals surface area contributed by atoms with Crippen molar-refractivity contribution in [2.45, 2.75) is 130 Å². The Hall–Kier alpha value is -2.86. The molecule has 0 saturated heterocycles. The first kappa shape index (κ1) is 42.3. The number of hydrogen-bond acceptors (Lipinski definition) is 8. The molecule has 57 heavy (non-hydrogen) atoms. The summed E-state index contributed by atoms with van der Waals surface area (Å²) in [6.45, 7) is 15.1. The van der Waals surface area contributed by atoms with Crippen LogP contribution in [0.3, 0.4) is 0 Å². The molecule has 0 aliphatic carbocycles. The molecule has 0 atom stereocenters.